The number of benzene rings is 1. The molecule has 0 spiro atoms. The molecule has 0 aliphatic rings. The van der Waals surface area contributed by atoms with Crippen LogP contribution in [0.15, 0.2) is 54.9 Å². The molecule has 108 valence electrons. The van der Waals surface area contributed by atoms with Crippen LogP contribution in [0, 0.1) is 0 Å². The second kappa shape index (κ2) is 6.65. The predicted molar refractivity (Wildman–Crippen MR) is 76.3 cm³/mol. The summed E-state index contributed by atoms with van der Waals surface area (Å²) in [6.45, 7) is 0. The van der Waals surface area contributed by atoms with Crippen molar-refractivity contribution in [3.63, 3.8) is 0 Å². The average molecular weight is 285 g/mol. The van der Waals surface area contributed by atoms with Crippen LogP contribution in [-0.4, -0.2) is 19.0 Å². The fourth-order valence-corrected chi connectivity index (χ4v) is 1.98. The van der Waals surface area contributed by atoms with E-state index in [-0.39, 0.29) is 5.91 Å². The van der Waals surface area contributed by atoms with Gasteiger partial charge in [-0.3, -0.25) is 4.79 Å². The van der Waals surface area contributed by atoms with Crippen molar-refractivity contribution in [3.05, 3.63) is 66.0 Å². The molecule has 1 unspecified atom stereocenters. The summed E-state index contributed by atoms with van der Waals surface area (Å²) in [4.78, 5) is 24.2. The zero-order valence-corrected chi connectivity index (χ0v) is 11.9. The number of pyridine rings is 1. The van der Waals surface area contributed by atoms with E-state index in [1.54, 1.807) is 47.2 Å². The maximum Gasteiger partial charge on any atom is 0.333 e. The summed E-state index contributed by atoms with van der Waals surface area (Å²) in [5, 5.41) is 2.70. The van der Waals surface area contributed by atoms with Crippen LogP contribution < -0.4 is 9.88 Å². The lowest BCUT2D eigenvalue weighted by Crippen LogP contribution is -2.36. The number of carbonyl (C=O) groups is 2. The highest BCUT2D eigenvalue weighted by Gasteiger charge is 2.24. The van der Waals surface area contributed by atoms with E-state index in [4.69, 9.17) is 4.74 Å². The SMILES string of the molecule is COC(=O)C(NC(=O)c1ccc[n+](C)c1)c1ccccc1. The van der Waals surface area contributed by atoms with Crippen molar-refractivity contribution in [2.45, 2.75) is 6.04 Å². The Bertz CT molecular complexity index is 641. The van der Waals surface area contributed by atoms with E-state index >= 15 is 0 Å². The smallest absolute Gasteiger partial charge is 0.333 e. The number of carbonyl (C=O) groups excluding carboxylic acids is 2. The van der Waals surface area contributed by atoms with E-state index in [1.807, 2.05) is 19.3 Å². The van der Waals surface area contributed by atoms with Crippen LogP contribution in [0.1, 0.15) is 22.0 Å². The molecule has 5 heteroatoms. The summed E-state index contributed by atoms with van der Waals surface area (Å²) in [6, 6.07) is 11.6. The number of amides is 1. The van der Waals surface area contributed by atoms with Gasteiger partial charge >= 0.3 is 5.97 Å². The highest BCUT2D eigenvalue weighted by Crippen LogP contribution is 2.14. The Morgan fingerprint density at radius 1 is 1.14 bits per heavy atom. The summed E-state index contributed by atoms with van der Waals surface area (Å²) in [5.74, 6) is -0.833. The Labute approximate surface area is 123 Å². The molecule has 2 rings (SSSR count). The van der Waals surface area contributed by atoms with Crippen molar-refractivity contribution in [3.8, 4) is 0 Å². The summed E-state index contributed by atoms with van der Waals surface area (Å²) < 4.78 is 6.54. The van der Waals surface area contributed by atoms with E-state index in [0.29, 0.717) is 11.1 Å². The van der Waals surface area contributed by atoms with E-state index in [2.05, 4.69) is 5.32 Å². The van der Waals surface area contributed by atoms with Gasteiger partial charge in [0.15, 0.2) is 18.4 Å². The topological polar surface area (TPSA) is 59.3 Å². The molecule has 1 aromatic carbocycles. The number of methoxy groups -OCH3 is 1. The highest BCUT2D eigenvalue weighted by molar-refractivity contribution is 5.96. The fraction of sp³-hybridized carbons (Fsp3) is 0.188. The Morgan fingerprint density at radius 3 is 2.48 bits per heavy atom. The zero-order chi connectivity index (χ0) is 15.2. The second-order valence-electron chi connectivity index (χ2n) is 4.60. The Hall–Kier alpha value is -2.69. The molecule has 1 atom stereocenters. The fourth-order valence-electron chi connectivity index (χ4n) is 1.98. The van der Waals surface area contributed by atoms with Gasteiger partial charge in [-0.15, -0.1) is 0 Å². The van der Waals surface area contributed by atoms with Gasteiger partial charge in [-0.05, 0) is 11.6 Å². The first-order chi connectivity index (χ1) is 10.1. The van der Waals surface area contributed by atoms with Gasteiger partial charge in [-0.25, -0.2) is 9.36 Å². The number of rotatable bonds is 4. The van der Waals surface area contributed by atoms with Gasteiger partial charge in [0.1, 0.15) is 12.6 Å². The number of aromatic nitrogens is 1. The van der Waals surface area contributed by atoms with Crippen molar-refractivity contribution >= 4 is 11.9 Å². The van der Waals surface area contributed by atoms with E-state index in [1.165, 1.54) is 7.11 Å². The maximum absolute atomic E-state index is 12.3. The van der Waals surface area contributed by atoms with Gasteiger partial charge in [0.2, 0.25) is 0 Å². The van der Waals surface area contributed by atoms with Gasteiger partial charge in [0.05, 0.1) is 7.11 Å². The highest BCUT2D eigenvalue weighted by atomic mass is 16.5. The van der Waals surface area contributed by atoms with Gasteiger partial charge < -0.3 is 10.1 Å². The minimum atomic E-state index is -0.825. The van der Waals surface area contributed by atoms with E-state index < -0.39 is 12.0 Å². The third kappa shape index (κ3) is 3.66. The molecule has 0 aliphatic carbocycles. The standard InChI is InChI=1S/C16H16N2O3/c1-18-10-6-9-13(11-18)15(19)17-14(16(20)21-2)12-7-4-3-5-8-12/h3-11,14H,1-2H3/p+1. The van der Waals surface area contributed by atoms with Crippen LogP contribution >= 0.6 is 0 Å². The summed E-state index contributed by atoms with van der Waals surface area (Å²) in [7, 11) is 3.12. The van der Waals surface area contributed by atoms with Crippen molar-refractivity contribution in [2.75, 3.05) is 7.11 Å². The second-order valence-corrected chi connectivity index (χ2v) is 4.60. The largest absolute Gasteiger partial charge is 0.467 e. The lowest BCUT2D eigenvalue weighted by Gasteiger charge is -2.16. The van der Waals surface area contributed by atoms with Crippen molar-refractivity contribution in [1.82, 2.24) is 5.32 Å². The molecule has 0 fully saturated rings. The molecule has 1 N–H and O–H groups in total. The first-order valence-corrected chi connectivity index (χ1v) is 6.50. The van der Waals surface area contributed by atoms with Crippen LogP contribution in [0.5, 0.6) is 0 Å². The number of ether oxygens (including phenoxy) is 1. The van der Waals surface area contributed by atoms with E-state index in [9.17, 15) is 9.59 Å². The number of nitrogens with one attached hydrogen (secondary N) is 1. The van der Waals surface area contributed by atoms with Crippen molar-refractivity contribution < 1.29 is 18.9 Å². The van der Waals surface area contributed by atoms with Crippen LogP contribution in [0.2, 0.25) is 0 Å². The molecule has 0 radical (unpaired) electrons. The van der Waals surface area contributed by atoms with Crippen LogP contribution in [0.4, 0.5) is 0 Å². The number of esters is 1. The average Bonchev–Trinajstić information content (AvgIpc) is 2.52. The lowest BCUT2D eigenvalue weighted by atomic mass is 10.1. The van der Waals surface area contributed by atoms with Crippen molar-refractivity contribution in [1.29, 1.82) is 0 Å². The van der Waals surface area contributed by atoms with Gasteiger partial charge in [0.25, 0.3) is 5.91 Å². The number of aryl methyl sites for hydroxylation is 1. The first-order valence-electron chi connectivity index (χ1n) is 6.50. The maximum atomic E-state index is 12.3. The molecule has 0 aliphatic heterocycles. The third-order valence-electron chi connectivity index (χ3n) is 3.05. The molecular weight excluding hydrogens is 268 g/mol. The molecular formula is C16H17N2O3+. The molecule has 5 nitrogen and oxygen atoms in total. The summed E-state index contributed by atoms with van der Waals surface area (Å²) in [6.07, 6.45) is 3.51. The number of nitrogens with zero attached hydrogens (tertiary/aromatic N) is 1. The van der Waals surface area contributed by atoms with Crippen LogP contribution in [-0.2, 0) is 16.6 Å². The minimum Gasteiger partial charge on any atom is -0.467 e. The van der Waals surface area contributed by atoms with Gasteiger partial charge in [0, 0.05) is 6.07 Å². The normalized spacial score (nSPS) is 11.5. The summed E-state index contributed by atoms with van der Waals surface area (Å²) >= 11 is 0. The van der Waals surface area contributed by atoms with Gasteiger partial charge in [-0.1, -0.05) is 30.3 Å². The third-order valence-corrected chi connectivity index (χ3v) is 3.05. The summed E-state index contributed by atoms with van der Waals surface area (Å²) in [5.41, 5.74) is 1.16. The lowest BCUT2D eigenvalue weighted by molar-refractivity contribution is -0.671. The first kappa shape index (κ1) is 14.7. The number of hydrogen-bond acceptors (Lipinski definition) is 3. The molecule has 1 amide bonds. The quantitative estimate of drug-likeness (QED) is 0.677. The number of hydrogen-bond donors (Lipinski definition) is 1. The Morgan fingerprint density at radius 2 is 1.86 bits per heavy atom. The zero-order valence-electron chi connectivity index (χ0n) is 11.9. The molecule has 1 aromatic heterocycles. The van der Waals surface area contributed by atoms with E-state index in [0.717, 1.165) is 0 Å². The van der Waals surface area contributed by atoms with Gasteiger partial charge in [-0.2, -0.15) is 0 Å². The minimum absolute atomic E-state index is 0.328. The molecule has 1 heterocycles. The molecule has 0 bridgehead atoms. The molecule has 0 saturated carbocycles. The molecule has 21 heavy (non-hydrogen) atoms. The Kier molecular flexibility index (Phi) is 4.66. The molecule has 0 saturated heterocycles. The van der Waals surface area contributed by atoms with Crippen LogP contribution in [0.25, 0.3) is 0 Å². The monoisotopic (exact) mass is 285 g/mol. The predicted octanol–water partition coefficient (Wildman–Crippen LogP) is 1.16. The van der Waals surface area contributed by atoms with Crippen LogP contribution in [0.3, 0.4) is 0 Å². The Balaban J connectivity index is 2.23. The molecule has 2 aromatic rings. The van der Waals surface area contributed by atoms with Crippen molar-refractivity contribution in [2.24, 2.45) is 7.05 Å².